The van der Waals surface area contributed by atoms with Gasteiger partial charge in [0.15, 0.2) is 5.65 Å². The van der Waals surface area contributed by atoms with Gasteiger partial charge in [-0.1, -0.05) is 28.1 Å². The molecular formula is C20H12BrF3N4O2. The van der Waals surface area contributed by atoms with Crippen LogP contribution >= 0.6 is 15.9 Å². The van der Waals surface area contributed by atoms with E-state index in [-0.39, 0.29) is 28.1 Å². The van der Waals surface area contributed by atoms with E-state index in [1.54, 1.807) is 24.3 Å². The fraction of sp³-hybridized carbons (Fsp3) is 0.100. The average molecular weight is 477 g/mol. The number of aromatic nitrogens is 3. The first-order chi connectivity index (χ1) is 14.1. The summed E-state index contributed by atoms with van der Waals surface area (Å²) in [6, 6.07) is 13.1. The molecule has 0 spiro atoms. The molecule has 4 aromatic rings. The van der Waals surface area contributed by atoms with Crippen molar-refractivity contribution in [2.45, 2.75) is 13.1 Å². The number of nitrogens with zero attached hydrogens (tertiary/aromatic N) is 4. The molecule has 0 N–H and O–H groups in total. The highest BCUT2D eigenvalue weighted by atomic mass is 79.9. The van der Waals surface area contributed by atoms with E-state index in [9.17, 15) is 23.3 Å². The van der Waals surface area contributed by atoms with Crippen LogP contribution < -0.4 is 0 Å². The predicted molar refractivity (Wildman–Crippen MR) is 108 cm³/mol. The van der Waals surface area contributed by atoms with Crippen LogP contribution in [0.5, 0.6) is 0 Å². The van der Waals surface area contributed by atoms with Crippen molar-refractivity contribution in [3.8, 4) is 16.9 Å². The Labute approximate surface area is 176 Å². The number of nitro groups is 1. The zero-order chi connectivity index (χ0) is 21.6. The lowest BCUT2D eigenvalue weighted by Crippen LogP contribution is -2.08. The molecule has 0 unspecified atom stereocenters. The van der Waals surface area contributed by atoms with Crippen LogP contribution in [0.25, 0.3) is 28.0 Å². The minimum Gasteiger partial charge on any atom is -0.258 e. The van der Waals surface area contributed by atoms with E-state index in [2.05, 4.69) is 26.0 Å². The Morgan fingerprint density at radius 2 is 1.70 bits per heavy atom. The molecule has 30 heavy (non-hydrogen) atoms. The molecule has 2 heterocycles. The number of rotatable bonds is 3. The van der Waals surface area contributed by atoms with Crippen LogP contribution in [0.4, 0.5) is 18.9 Å². The molecule has 152 valence electrons. The molecule has 0 saturated heterocycles. The summed E-state index contributed by atoms with van der Waals surface area (Å²) in [5.41, 5.74) is 0.236. The zero-order valence-electron chi connectivity index (χ0n) is 15.3. The Bertz CT molecular complexity index is 1270. The SMILES string of the molecule is Cc1nn(-c2ccc([N+](=O)[O-])cc2)c2nc(-c3ccc(Br)cc3)cc(C(F)(F)F)c12. The molecule has 0 aliphatic heterocycles. The van der Waals surface area contributed by atoms with E-state index in [4.69, 9.17) is 0 Å². The standard InChI is InChI=1S/C20H12BrF3N4O2/c1-11-18-16(20(22,23)24)10-17(12-2-4-13(21)5-3-12)25-19(18)27(26-11)14-6-8-15(9-7-14)28(29)30/h2-10H,1H3. The quantitative estimate of drug-likeness (QED) is 0.265. The van der Waals surface area contributed by atoms with Crippen molar-refractivity contribution < 1.29 is 18.1 Å². The highest BCUT2D eigenvalue weighted by molar-refractivity contribution is 9.10. The summed E-state index contributed by atoms with van der Waals surface area (Å²) in [6.07, 6.45) is -4.61. The van der Waals surface area contributed by atoms with Gasteiger partial charge in [0.05, 0.1) is 32.9 Å². The van der Waals surface area contributed by atoms with Crippen LogP contribution in [0.1, 0.15) is 11.3 Å². The lowest BCUT2D eigenvalue weighted by molar-refractivity contribution is -0.384. The van der Waals surface area contributed by atoms with Crippen LogP contribution in [0.15, 0.2) is 59.1 Å². The average Bonchev–Trinajstić information content (AvgIpc) is 3.04. The molecule has 0 saturated carbocycles. The van der Waals surface area contributed by atoms with E-state index in [0.29, 0.717) is 11.3 Å². The number of alkyl halides is 3. The maximum atomic E-state index is 13.9. The molecule has 10 heteroatoms. The molecule has 4 rings (SSSR count). The van der Waals surface area contributed by atoms with Crippen molar-refractivity contribution in [2.24, 2.45) is 0 Å². The van der Waals surface area contributed by atoms with Crippen LogP contribution in [-0.4, -0.2) is 19.7 Å². The Morgan fingerprint density at radius 3 is 2.27 bits per heavy atom. The number of benzene rings is 2. The Kier molecular flexibility index (Phi) is 4.81. The maximum absolute atomic E-state index is 13.9. The lowest BCUT2D eigenvalue weighted by atomic mass is 10.1. The fourth-order valence-corrected chi connectivity index (χ4v) is 3.44. The van der Waals surface area contributed by atoms with Gasteiger partial charge in [-0.2, -0.15) is 18.3 Å². The second-order valence-electron chi connectivity index (χ2n) is 6.53. The van der Waals surface area contributed by atoms with Gasteiger partial charge in [-0.15, -0.1) is 0 Å². The summed E-state index contributed by atoms with van der Waals surface area (Å²) >= 11 is 3.30. The third kappa shape index (κ3) is 3.54. The molecule has 0 atom stereocenters. The minimum atomic E-state index is -4.61. The molecule has 6 nitrogen and oxygen atoms in total. The number of aryl methyl sites for hydroxylation is 1. The van der Waals surface area contributed by atoms with Gasteiger partial charge in [-0.25, -0.2) is 9.67 Å². The number of hydrogen-bond acceptors (Lipinski definition) is 4. The summed E-state index contributed by atoms with van der Waals surface area (Å²) in [6.45, 7) is 1.47. The number of fused-ring (bicyclic) bond motifs is 1. The van der Waals surface area contributed by atoms with Crippen LogP contribution in [0, 0.1) is 17.0 Å². The molecule has 0 radical (unpaired) electrons. The van der Waals surface area contributed by atoms with Gasteiger partial charge >= 0.3 is 6.18 Å². The van der Waals surface area contributed by atoms with Gasteiger partial charge in [-0.05, 0) is 37.3 Å². The van der Waals surface area contributed by atoms with Crippen molar-refractivity contribution >= 4 is 32.7 Å². The van der Waals surface area contributed by atoms with Crippen molar-refractivity contribution in [2.75, 3.05) is 0 Å². The minimum absolute atomic E-state index is 0.0223. The van der Waals surface area contributed by atoms with Crippen LogP contribution in [-0.2, 0) is 6.18 Å². The van der Waals surface area contributed by atoms with Crippen molar-refractivity contribution in [1.29, 1.82) is 0 Å². The molecule has 0 aliphatic rings. The van der Waals surface area contributed by atoms with Gasteiger partial charge in [0, 0.05) is 22.2 Å². The van der Waals surface area contributed by atoms with Gasteiger partial charge in [-0.3, -0.25) is 10.1 Å². The Morgan fingerprint density at radius 1 is 1.07 bits per heavy atom. The largest absolute Gasteiger partial charge is 0.417 e. The third-order valence-corrected chi connectivity index (χ3v) is 5.09. The van der Waals surface area contributed by atoms with Gasteiger partial charge in [0.1, 0.15) is 0 Å². The highest BCUT2D eigenvalue weighted by Gasteiger charge is 2.35. The van der Waals surface area contributed by atoms with Gasteiger partial charge in [0.2, 0.25) is 0 Å². The van der Waals surface area contributed by atoms with Crippen LogP contribution in [0.3, 0.4) is 0 Å². The number of hydrogen-bond donors (Lipinski definition) is 0. The summed E-state index contributed by atoms with van der Waals surface area (Å²) in [5.74, 6) is 0. The smallest absolute Gasteiger partial charge is 0.258 e. The van der Waals surface area contributed by atoms with Gasteiger partial charge in [0.25, 0.3) is 5.69 Å². The summed E-state index contributed by atoms with van der Waals surface area (Å²) in [7, 11) is 0. The van der Waals surface area contributed by atoms with Crippen molar-refractivity contribution in [1.82, 2.24) is 14.8 Å². The number of non-ortho nitro benzene ring substituents is 1. The van der Waals surface area contributed by atoms with E-state index >= 15 is 0 Å². The fourth-order valence-electron chi connectivity index (χ4n) is 3.18. The summed E-state index contributed by atoms with van der Waals surface area (Å²) in [5, 5.41) is 15.0. The summed E-state index contributed by atoms with van der Waals surface area (Å²) in [4.78, 5) is 14.8. The Balaban J connectivity index is 2.00. The van der Waals surface area contributed by atoms with E-state index in [1.807, 2.05) is 0 Å². The maximum Gasteiger partial charge on any atom is 0.417 e. The van der Waals surface area contributed by atoms with Crippen LogP contribution in [0.2, 0.25) is 0 Å². The van der Waals surface area contributed by atoms with Gasteiger partial charge < -0.3 is 0 Å². The molecule has 2 aromatic heterocycles. The molecule has 0 fully saturated rings. The lowest BCUT2D eigenvalue weighted by Gasteiger charge is -2.12. The summed E-state index contributed by atoms with van der Waals surface area (Å²) < 4.78 is 43.6. The molecule has 0 amide bonds. The van der Waals surface area contributed by atoms with E-state index < -0.39 is 16.7 Å². The van der Waals surface area contributed by atoms with Crippen molar-refractivity contribution in [3.05, 3.63) is 80.4 Å². The monoisotopic (exact) mass is 476 g/mol. The molecule has 2 aromatic carbocycles. The molecule has 0 aliphatic carbocycles. The van der Waals surface area contributed by atoms with E-state index in [0.717, 1.165) is 10.5 Å². The first-order valence-electron chi connectivity index (χ1n) is 8.63. The molecule has 0 bridgehead atoms. The second-order valence-corrected chi connectivity index (χ2v) is 7.44. The predicted octanol–water partition coefficient (Wildman–Crippen LogP) is 6.09. The topological polar surface area (TPSA) is 73.8 Å². The number of halogens is 4. The zero-order valence-corrected chi connectivity index (χ0v) is 16.9. The number of nitro benzene ring substituents is 1. The van der Waals surface area contributed by atoms with E-state index in [1.165, 1.54) is 35.9 Å². The Hall–Kier alpha value is -3.27. The second kappa shape index (κ2) is 7.21. The first kappa shape index (κ1) is 20.0. The third-order valence-electron chi connectivity index (χ3n) is 4.56. The number of pyridine rings is 1. The normalized spacial score (nSPS) is 11.8. The van der Waals surface area contributed by atoms with Crippen molar-refractivity contribution in [3.63, 3.8) is 0 Å². The molecular weight excluding hydrogens is 465 g/mol. The highest BCUT2D eigenvalue weighted by Crippen LogP contribution is 2.38. The first-order valence-corrected chi connectivity index (χ1v) is 9.43.